The zero-order valence-corrected chi connectivity index (χ0v) is 14.3. The normalized spacial score (nSPS) is 11.7. The Balaban J connectivity index is 1.45. The van der Waals surface area contributed by atoms with Crippen LogP contribution in [0.3, 0.4) is 0 Å². The van der Waals surface area contributed by atoms with Gasteiger partial charge >= 0.3 is 0 Å². The summed E-state index contributed by atoms with van der Waals surface area (Å²) >= 11 is 1.52. The smallest absolute Gasteiger partial charge is 0.211 e. The van der Waals surface area contributed by atoms with Crippen molar-refractivity contribution >= 4 is 44.9 Å². The number of para-hydroxylation sites is 2. The monoisotopic (exact) mass is 346 g/mol. The van der Waals surface area contributed by atoms with E-state index in [1.807, 2.05) is 24.3 Å². The number of benzene rings is 2. The van der Waals surface area contributed by atoms with Crippen LogP contribution in [0.15, 0.2) is 47.6 Å². The lowest BCUT2D eigenvalue weighted by atomic mass is 10.2. The summed E-state index contributed by atoms with van der Waals surface area (Å²) in [4.78, 5) is 15.8. The number of imidazole rings is 1. The van der Waals surface area contributed by atoms with Gasteiger partial charge in [-0.15, -0.1) is 10.2 Å². The molecule has 25 heavy (non-hydrogen) atoms. The fourth-order valence-electron chi connectivity index (χ4n) is 2.94. The van der Waals surface area contributed by atoms with E-state index >= 15 is 0 Å². The van der Waals surface area contributed by atoms with Gasteiger partial charge in [0, 0.05) is 10.9 Å². The molecule has 0 aliphatic rings. The zero-order valence-electron chi connectivity index (χ0n) is 13.4. The van der Waals surface area contributed by atoms with Gasteiger partial charge < -0.3 is 9.97 Å². The van der Waals surface area contributed by atoms with Crippen LogP contribution in [-0.2, 0) is 5.75 Å². The minimum atomic E-state index is 0.635. The van der Waals surface area contributed by atoms with Crippen LogP contribution in [0.1, 0.15) is 11.4 Å². The van der Waals surface area contributed by atoms with E-state index in [0.29, 0.717) is 10.9 Å². The van der Waals surface area contributed by atoms with Crippen molar-refractivity contribution in [1.82, 2.24) is 30.1 Å². The van der Waals surface area contributed by atoms with E-state index < -0.39 is 0 Å². The minimum Gasteiger partial charge on any atom is -0.341 e. The van der Waals surface area contributed by atoms with E-state index in [1.165, 1.54) is 17.3 Å². The molecule has 6 nitrogen and oxygen atoms in total. The molecular weight excluding hydrogens is 332 g/mol. The summed E-state index contributed by atoms with van der Waals surface area (Å²) in [6.07, 6.45) is 0. The molecule has 5 aromatic rings. The topological polar surface area (TPSA) is 83.1 Å². The highest BCUT2D eigenvalue weighted by atomic mass is 32.2. The molecule has 0 bridgehead atoms. The van der Waals surface area contributed by atoms with Gasteiger partial charge in [0.15, 0.2) is 5.65 Å². The van der Waals surface area contributed by atoms with Gasteiger partial charge in [0.05, 0.1) is 16.8 Å². The molecule has 7 heteroatoms. The molecule has 0 saturated heterocycles. The Bertz CT molecular complexity index is 1190. The van der Waals surface area contributed by atoms with Gasteiger partial charge in [-0.05, 0) is 31.2 Å². The van der Waals surface area contributed by atoms with Crippen LogP contribution in [-0.4, -0.2) is 30.1 Å². The van der Waals surface area contributed by atoms with Gasteiger partial charge in [0.1, 0.15) is 11.3 Å². The maximum Gasteiger partial charge on any atom is 0.211 e. The molecule has 0 unspecified atom stereocenters. The second-order valence-corrected chi connectivity index (χ2v) is 6.90. The number of hydrogen-bond acceptors (Lipinski definition) is 5. The third-order valence-corrected chi connectivity index (χ3v) is 4.98. The summed E-state index contributed by atoms with van der Waals surface area (Å²) in [6, 6.07) is 14.2. The van der Waals surface area contributed by atoms with Crippen LogP contribution in [0, 0.1) is 6.92 Å². The number of aromatic nitrogens is 6. The van der Waals surface area contributed by atoms with Crippen LogP contribution in [0.5, 0.6) is 0 Å². The molecule has 0 saturated carbocycles. The summed E-state index contributed by atoms with van der Waals surface area (Å²) in [6.45, 7) is 2.07. The van der Waals surface area contributed by atoms with Crippen molar-refractivity contribution in [3.05, 3.63) is 53.9 Å². The largest absolute Gasteiger partial charge is 0.341 e. The number of hydrogen-bond donors (Lipinski definition) is 2. The first-order valence-electron chi connectivity index (χ1n) is 7.95. The molecule has 2 N–H and O–H groups in total. The maximum atomic E-state index is 4.60. The van der Waals surface area contributed by atoms with Crippen LogP contribution < -0.4 is 0 Å². The number of H-pyrrole nitrogens is 2. The van der Waals surface area contributed by atoms with E-state index in [2.05, 4.69) is 55.3 Å². The van der Waals surface area contributed by atoms with Crippen molar-refractivity contribution < 1.29 is 0 Å². The molecule has 122 valence electrons. The maximum absolute atomic E-state index is 4.60. The Kier molecular flexibility index (Phi) is 3.21. The van der Waals surface area contributed by atoms with Crippen molar-refractivity contribution in [2.75, 3.05) is 0 Å². The Morgan fingerprint density at radius 1 is 0.960 bits per heavy atom. The number of rotatable bonds is 3. The van der Waals surface area contributed by atoms with Crippen LogP contribution in [0.2, 0.25) is 0 Å². The van der Waals surface area contributed by atoms with E-state index in [9.17, 15) is 0 Å². The molecule has 0 fully saturated rings. The molecule has 0 radical (unpaired) electrons. The van der Waals surface area contributed by atoms with Gasteiger partial charge in [-0.3, -0.25) is 0 Å². The fourth-order valence-corrected chi connectivity index (χ4v) is 3.60. The third-order valence-electron chi connectivity index (χ3n) is 4.13. The quantitative estimate of drug-likeness (QED) is 0.483. The van der Waals surface area contributed by atoms with E-state index in [-0.39, 0.29) is 0 Å². The van der Waals surface area contributed by atoms with Gasteiger partial charge in [-0.25, -0.2) is 9.97 Å². The van der Waals surface area contributed by atoms with Gasteiger partial charge in [0.25, 0.3) is 0 Å². The molecular formula is C18H14N6S. The summed E-state index contributed by atoms with van der Waals surface area (Å²) in [5, 5.41) is 10.3. The molecule has 0 spiro atoms. The standard InChI is InChI=1S/C18H14N6S/c1-10-6-7-12-11(8-10)16-17(21-12)22-18(24-23-16)25-9-15-19-13-4-2-3-5-14(13)20-15/h2-8H,9H2,1H3,(H,19,20)(H,21,22,24). The molecule has 0 atom stereocenters. The summed E-state index contributed by atoms with van der Waals surface area (Å²) in [5.74, 6) is 1.57. The lowest BCUT2D eigenvalue weighted by Gasteiger charge is -1.97. The molecule has 3 aromatic heterocycles. The lowest BCUT2D eigenvalue weighted by Crippen LogP contribution is -1.92. The van der Waals surface area contributed by atoms with Crippen molar-refractivity contribution in [3.63, 3.8) is 0 Å². The number of nitrogens with zero attached hydrogens (tertiary/aromatic N) is 4. The number of aromatic amines is 2. The molecule has 3 heterocycles. The highest BCUT2D eigenvalue weighted by Crippen LogP contribution is 2.25. The molecule has 2 aromatic carbocycles. The van der Waals surface area contributed by atoms with Crippen molar-refractivity contribution in [2.45, 2.75) is 17.8 Å². The Morgan fingerprint density at radius 3 is 2.80 bits per heavy atom. The summed E-state index contributed by atoms with van der Waals surface area (Å²) < 4.78 is 0. The number of aryl methyl sites for hydroxylation is 1. The molecule has 0 amide bonds. The molecule has 5 rings (SSSR count). The fraction of sp³-hybridized carbons (Fsp3) is 0.111. The Labute approximate surface area is 147 Å². The van der Waals surface area contributed by atoms with Crippen molar-refractivity contribution in [1.29, 1.82) is 0 Å². The average molecular weight is 346 g/mol. The SMILES string of the molecule is Cc1ccc2[nH]c3nc(SCc4nc5ccccc5[nH]4)nnc3c2c1. The number of nitrogens with one attached hydrogen (secondary N) is 2. The van der Waals surface area contributed by atoms with Crippen molar-refractivity contribution in [2.24, 2.45) is 0 Å². The van der Waals surface area contributed by atoms with Crippen LogP contribution in [0.25, 0.3) is 33.1 Å². The second-order valence-electron chi connectivity index (χ2n) is 5.95. The summed E-state index contributed by atoms with van der Waals surface area (Å²) in [7, 11) is 0. The third kappa shape index (κ3) is 2.53. The Morgan fingerprint density at radius 2 is 1.88 bits per heavy atom. The van der Waals surface area contributed by atoms with Gasteiger partial charge in [0.2, 0.25) is 5.16 Å². The predicted octanol–water partition coefficient (Wildman–Crippen LogP) is 3.98. The Hall–Kier alpha value is -2.93. The first-order chi connectivity index (χ1) is 12.3. The minimum absolute atomic E-state index is 0.635. The summed E-state index contributed by atoms with van der Waals surface area (Å²) in [5.41, 5.74) is 5.81. The number of fused-ring (bicyclic) bond motifs is 4. The molecule has 0 aliphatic heterocycles. The van der Waals surface area contributed by atoms with E-state index in [0.717, 1.165) is 38.9 Å². The van der Waals surface area contributed by atoms with E-state index in [4.69, 9.17) is 0 Å². The highest BCUT2D eigenvalue weighted by Gasteiger charge is 2.10. The van der Waals surface area contributed by atoms with Crippen LogP contribution >= 0.6 is 11.8 Å². The average Bonchev–Trinajstić information content (AvgIpc) is 3.20. The molecule has 0 aliphatic carbocycles. The van der Waals surface area contributed by atoms with Gasteiger partial charge in [-0.1, -0.05) is 35.5 Å². The van der Waals surface area contributed by atoms with E-state index in [1.54, 1.807) is 0 Å². The van der Waals surface area contributed by atoms with Crippen molar-refractivity contribution in [3.8, 4) is 0 Å². The highest BCUT2D eigenvalue weighted by molar-refractivity contribution is 7.98. The zero-order chi connectivity index (χ0) is 16.8. The predicted molar refractivity (Wildman–Crippen MR) is 99.6 cm³/mol. The van der Waals surface area contributed by atoms with Gasteiger partial charge in [-0.2, -0.15) is 0 Å². The lowest BCUT2D eigenvalue weighted by molar-refractivity contribution is 0.877. The first-order valence-corrected chi connectivity index (χ1v) is 8.94. The second kappa shape index (κ2) is 5.56. The van der Waals surface area contributed by atoms with Crippen LogP contribution in [0.4, 0.5) is 0 Å². The first kappa shape index (κ1) is 14.4. The number of thioether (sulfide) groups is 1.